The molecule has 2 fully saturated rings. The van der Waals surface area contributed by atoms with Crippen molar-refractivity contribution in [1.29, 1.82) is 0 Å². The highest BCUT2D eigenvalue weighted by Crippen LogP contribution is 2.44. The van der Waals surface area contributed by atoms with Gasteiger partial charge in [0.1, 0.15) is 0 Å². The van der Waals surface area contributed by atoms with Crippen LogP contribution in [-0.4, -0.2) is 57.4 Å². The molecule has 0 bridgehead atoms. The number of halogens is 1. The van der Waals surface area contributed by atoms with Crippen molar-refractivity contribution in [2.24, 2.45) is 10.4 Å². The minimum absolute atomic E-state index is 0. The van der Waals surface area contributed by atoms with E-state index in [1.807, 2.05) is 0 Å². The van der Waals surface area contributed by atoms with Crippen LogP contribution >= 0.6 is 35.3 Å². The van der Waals surface area contributed by atoms with Gasteiger partial charge in [-0.15, -0.1) is 35.3 Å². The lowest BCUT2D eigenvalue weighted by Crippen LogP contribution is -2.41. The van der Waals surface area contributed by atoms with E-state index in [0.717, 1.165) is 58.1 Å². The molecule has 1 aliphatic carbocycles. The second kappa shape index (κ2) is 12.2. The molecule has 0 spiro atoms. The predicted molar refractivity (Wildman–Crippen MR) is 129 cm³/mol. The molecule has 2 heterocycles. The highest BCUT2D eigenvalue weighted by molar-refractivity contribution is 14.0. The van der Waals surface area contributed by atoms with Gasteiger partial charge in [0, 0.05) is 58.2 Å². The average Bonchev–Trinajstić information content (AvgIpc) is 3.32. The van der Waals surface area contributed by atoms with Crippen LogP contribution in [-0.2, 0) is 11.2 Å². The molecule has 1 saturated heterocycles. The summed E-state index contributed by atoms with van der Waals surface area (Å²) < 4.78 is 5.29. The highest BCUT2D eigenvalue weighted by atomic mass is 127. The maximum Gasteiger partial charge on any atom is 0.191 e. The summed E-state index contributed by atoms with van der Waals surface area (Å²) in [5, 5.41) is 10.3. The van der Waals surface area contributed by atoms with Gasteiger partial charge in [-0.25, -0.2) is 4.98 Å². The standard InChI is InChI=1S/C20H35N5OS.HI/c1-3-21-18(23-16-20(8-6-9-20)10-14-26-2)22-11-7-17-15-27-19(24-17)25-12-4-5-13-25;/h15H,3-14,16H2,1-2H3,(H2,21,22,23);1H. The number of methoxy groups -OCH3 is 1. The molecule has 2 N–H and O–H groups in total. The van der Waals surface area contributed by atoms with Gasteiger partial charge in [-0.2, -0.15) is 0 Å². The maximum absolute atomic E-state index is 5.29. The number of aromatic nitrogens is 1. The Hall–Kier alpha value is -0.610. The zero-order valence-electron chi connectivity index (χ0n) is 17.3. The number of hydrogen-bond donors (Lipinski definition) is 2. The number of hydrogen-bond acceptors (Lipinski definition) is 5. The quantitative estimate of drug-likeness (QED) is 0.280. The maximum atomic E-state index is 5.29. The number of nitrogens with zero attached hydrogens (tertiary/aromatic N) is 3. The summed E-state index contributed by atoms with van der Waals surface area (Å²) in [5.41, 5.74) is 1.54. The summed E-state index contributed by atoms with van der Waals surface area (Å²) in [6.07, 6.45) is 8.52. The first kappa shape index (κ1) is 23.7. The third-order valence-corrected chi connectivity index (χ3v) is 6.71. The summed E-state index contributed by atoms with van der Waals surface area (Å²) in [4.78, 5) is 12.1. The van der Waals surface area contributed by atoms with E-state index in [2.05, 4.69) is 27.8 Å². The van der Waals surface area contributed by atoms with Gasteiger partial charge in [0.05, 0.1) is 5.69 Å². The lowest BCUT2D eigenvalue weighted by Gasteiger charge is -2.40. The molecule has 160 valence electrons. The Kier molecular flexibility index (Phi) is 10.3. The molecule has 0 atom stereocenters. The summed E-state index contributed by atoms with van der Waals surface area (Å²) >= 11 is 1.78. The summed E-state index contributed by atoms with van der Waals surface area (Å²) in [5.74, 6) is 0.927. The molecule has 0 unspecified atom stereocenters. The summed E-state index contributed by atoms with van der Waals surface area (Å²) in [7, 11) is 1.79. The van der Waals surface area contributed by atoms with E-state index in [9.17, 15) is 0 Å². The van der Waals surface area contributed by atoms with Crippen LogP contribution in [0.1, 0.15) is 51.1 Å². The lowest BCUT2D eigenvalue weighted by atomic mass is 9.67. The molecule has 0 amide bonds. The van der Waals surface area contributed by atoms with Gasteiger partial charge in [-0.05, 0) is 44.4 Å². The van der Waals surface area contributed by atoms with Crippen LogP contribution in [0.25, 0.3) is 0 Å². The molecule has 1 aromatic rings. The Morgan fingerprint density at radius 2 is 2.07 bits per heavy atom. The Labute approximate surface area is 190 Å². The molecule has 3 rings (SSSR count). The van der Waals surface area contributed by atoms with Crippen molar-refractivity contribution in [1.82, 2.24) is 15.6 Å². The van der Waals surface area contributed by atoms with Gasteiger partial charge in [-0.1, -0.05) is 6.42 Å². The second-order valence-corrected chi connectivity index (χ2v) is 8.62. The largest absolute Gasteiger partial charge is 0.385 e. The van der Waals surface area contributed by atoms with Crippen LogP contribution in [0.15, 0.2) is 10.4 Å². The molecule has 1 aromatic heterocycles. The third-order valence-electron chi connectivity index (χ3n) is 5.76. The SMILES string of the molecule is CCNC(=NCC1(CCOC)CCC1)NCCc1csc(N2CCCC2)n1.I. The van der Waals surface area contributed by atoms with Crippen molar-refractivity contribution in [2.45, 2.75) is 51.9 Å². The first-order chi connectivity index (χ1) is 13.2. The van der Waals surface area contributed by atoms with Crippen molar-refractivity contribution < 1.29 is 4.74 Å². The zero-order chi connectivity index (χ0) is 19.0. The molecule has 1 saturated carbocycles. The molecule has 6 nitrogen and oxygen atoms in total. The molecule has 0 aromatic carbocycles. The number of nitrogens with one attached hydrogen (secondary N) is 2. The van der Waals surface area contributed by atoms with Gasteiger partial charge >= 0.3 is 0 Å². The van der Waals surface area contributed by atoms with Gasteiger partial charge in [0.15, 0.2) is 11.1 Å². The van der Waals surface area contributed by atoms with Crippen molar-refractivity contribution >= 4 is 46.4 Å². The lowest BCUT2D eigenvalue weighted by molar-refractivity contribution is 0.0778. The van der Waals surface area contributed by atoms with E-state index in [1.54, 1.807) is 18.4 Å². The topological polar surface area (TPSA) is 61.8 Å². The predicted octanol–water partition coefficient (Wildman–Crippen LogP) is 3.67. The molecule has 28 heavy (non-hydrogen) atoms. The Morgan fingerprint density at radius 1 is 1.29 bits per heavy atom. The fourth-order valence-corrected chi connectivity index (χ4v) is 4.76. The van der Waals surface area contributed by atoms with E-state index < -0.39 is 0 Å². The van der Waals surface area contributed by atoms with Gasteiger partial charge < -0.3 is 20.3 Å². The second-order valence-electron chi connectivity index (χ2n) is 7.78. The van der Waals surface area contributed by atoms with E-state index in [4.69, 9.17) is 14.7 Å². The first-order valence-electron chi connectivity index (χ1n) is 10.5. The Balaban J connectivity index is 0.00000280. The minimum atomic E-state index is 0. The van der Waals surface area contributed by atoms with Crippen molar-refractivity contribution in [3.63, 3.8) is 0 Å². The van der Waals surface area contributed by atoms with Gasteiger partial charge in [0.25, 0.3) is 0 Å². The van der Waals surface area contributed by atoms with Crippen molar-refractivity contribution in [3.05, 3.63) is 11.1 Å². The molecule has 2 aliphatic rings. The first-order valence-corrected chi connectivity index (χ1v) is 11.3. The number of anilines is 1. The van der Waals surface area contributed by atoms with Crippen LogP contribution in [0.3, 0.4) is 0 Å². The zero-order valence-corrected chi connectivity index (χ0v) is 20.5. The van der Waals surface area contributed by atoms with E-state index in [0.29, 0.717) is 5.41 Å². The van der Waals surface area contributed by atoms with Crippen molar-refractivity contribution in [3.8, 4) is 0 Å². The van der Waals surface area contributed by atoms with Gasteiger partial charge in [-0.3, -0.25) is 4.99 Å². The fraction of sp³-hybridized carbons (Fsp3) is 0.800. The molecule has 1 aliphatic heterocycles. The molecule has 0 radical (unpaired) electrons. The third kappa shape index (κ3) is 6.73. The van der Waals surface area contributed by atoms with E-state index >= 15 is 0 Å². The van der Waals surface area contributed by atoms with Crippen LogP contribution < -0.4 is 15.5 Å². The molecular weight excluding hydrogens is 485 g/mol. The number of ether oxygens (including phenoxy) is 1. The van der Waals surface area contributed by atoms with Crippen molar-refractivity contribution in [2.75, 3.05) is 51.3 Å². The number of aliphatic imine (C=N–C) groups is 1. The highest BCUT2D eigenvalue weighted by Gasteiger charge is 2.36. The van der Waals surface area contributed by atoms with E-state index in [-0.39, 0.29) is 24.0 Å². The Morgan fingerprint density at radius 3 is 2.71 bits per heavy atom. The normalized spacial score (nSPS) is 18.5. The fourth-order valence-electron chi connectivity index (χ4n) is 3.84. The van der Waals surface area contributed by atoms with Crippen LogP contribution in [0.4, 0.5) is 5.13 Å². The van der Waals surface area contributed by atoms with Gasteiger partial charge in [0.2, 0.25) is 0 Å². The van der Waals surface area contributed by atoms with Crippen LogP contribution in [0, 0.1) is 5.41 Å². The Bertz CT molecular complexity index is 599. The van der Waals surface area contributed by atoms with E-state index in [1.165, 1.54) is 42.9 Å². The summed E-state index contributed by atoms with van der Waals surface area (Å²) in [6, 6.07) is 0. The number of guanidine groups is 1. The molecule has 8 heteroatoms. The number of thiazole rings is 1. The number of rotatable bonds is 10. The van der Waals surface area contributed by atoms with Crippen LogP contribution in [0.5, 0.6) is 0 Å². The summed E-state index contributed by atoms with van der Waals surface area (Å²) in [6.45, 7) is 7.90. The minimum Gasteiger partial charge on any atom is -0.385 e. The van der Waals surface area contributed by atoms with Crippen LogP contribution in [0.2, 0.25) is 0 Å². The average molecular weight is 522 g/mol. The monoisotopic (exact) mass is 521 g/mol. The molecular formula is C20H36IN5OS. The smallest absolute Gasteiger partial charge is 0.191 e.